The summed E-state index contributed by atoms with van der Waals surface area (Å²) >= 11 is 0. The Morgan fingerprint density at radius 1 is 1.32 bits per heavy atom. The van der Waals surface area contributed by atoms with Gasteiger partial charge in [-0.15, -0.1) is 0 Å². The van der Waals surface area contributed by atoms with Crippen LogP contribution in [0.4, 0.5) is 10.1 Å². The van der Waals surface area contributed by atoms with Crippen molar-refractivity contribution in [2.24, 2.45) is 0 Å². The molecule has 1 saturated carbocycles. The Hall–Kier alpha value is -1.09. The van der Waals surface area contributed by atoms with Crippen LogP contribution in [0.2, 0.25) is 0 Å². The van der Waals surface area contributed by atoms with E-state index in [0.29, 0.717) is 6.04 Å². The Labute approximate surface area is 116 Å². The maximum Gasteiger partial charge on any atom is 0.146 e. The highest BCUT2D eigenvalue weighted by atomic mass is 19.1. The van der Waals surface area contributed by atoms with Crippen molar-refractivity contribution in [2.75, 3.05) is 18.5 Å². The molecule has 2 rings (SSSR count). The summed E-state index contributed by atoms with van der Waals surface area (Å²) in [5.74, 6) is -0.0924. The van der Waals surface area contributed by atoms with Gasteiger partial charge in [0, 0.05) is 19.6 Å². The van der Waals surface area contributed by atoms with Gasteiger partial charge in [-0.3, -0.25) is 0 Å². The highest BCUT2D eigenvalue weighted by Crippen LogP contribution is 2.28. The molecule has 0 spiro atoms. The van der Waals surface area contributed by atoms with E-state index in [1.54, 1.807) is 6.07 Å². The van der Waals surface area contributed by atoms with Crippen molar-refractivity contribution in [3.8, 4) is 0 Å². The molecule has 0 bridgehead atoms. The summed E-state index contributed by atoms with van der Waals surface area (Å²) in [6.45, 7) is 3.86. The highest BCUT2D eigenvalue weighted by Gasteiger charge is 2.21. The van der Waals surface area contributed by atoms with E-state index in [4.69, 9.17) is 0 Å². The molecule has 1 N–H and O–H groups in total. The lowest BCUT2D eigenvalue weighted by molar-refractivity contribution is 0.591. The molecule has 0 saturated heterocycles. The second-order valence-corrected chi connectivity index (χ2v) is 5.51. The van der Waals surface area contributed by atoms with Crippen LogP contribution < -0.4 is 10.2 Å². The molecular formula is C16H25FN2. The van der Waals surface area contributed by atoms with E-state index in [0.717, 1.165) is 30.8 Å². The second-order valence-electron chi connectivity index (χ2n) is 5.51. The molecule has 0 heterocycles. The summed E-state index contributed by atoms with van der Waals surface area (Å²) in [6, 6.07) is 6.14. The predicted molar refractivity (Wildman–Crippen MR) is 79.1 cm³/mol. The molecule has 0 aromatic heterocycles. The van der Waals surface area contributed by atoms with Gasteiger partial charge in [0.1, 0.15) is 5.82 Å². The van der Waals surface area contributed by atoms with Gasteiger partial charge in [0.15, 0.2) is 0 Å². The van der Waals surface area contributed by atoms with E-state index >= 15 is 0 Å². The fraction of sp³-hybridized carbons (Fsp3) is 0.625. The van der Waals surface area contributed by atoms with Crippen LogP contribution >= 0.6 is 0 Å². The SMILES string of the molecule is CCCNCc1ccc(N(C)C2CCCC2)c(F)c1. The molecule has 1 aromatic carbocycles. The van der Waals surface area contributed by atoms with E-state index in [1.807, 2.05) is 19.2 Å². The van der Waals surface area contributed by atoms with Crippen molar-refractivity contribution in [2.45, 2.75) is 51.6 Å². The first-order chi connectivity index (χ1) is 9.22. The van der Waals surface area contributed by atoms with Crippen molar-refractivity contribution in [1.82, 2.24) is 5.32 Å². The van der Waals surface area contributed by atoms with Gasteiger partial charge in [0.05, 0.1) is 5.69 Å². The number of halogens is 1. The van der Waals surface area contributed by atoms with Gasteiger partial charge in [-0.05, 0) is 43.5 Å². The largest absolute Gasteiger partial charge is 0.369 e. The standard InChI is InChI=1S/C16H25FN2/c1-3-10-18-12-13-8-9-16(15(17)11-13)19(2)14-6-4-5-7-14/h8-9,11,14,18H,3-7,10,12H2,1-2H3. The molecule has 0 radical (unpaired) electrons. The zero-order chi connectivity index (χ0) is 13.7. The monoisotopic (exact) mass is 264 g/mol. The minimum Gasteiger partial charge on any atom is -0.369 e. The lowest BCUT2D eigenvalue weighted by atomic mass is 10.1. The number of benzene rings is 1. The number of nitrogens with one attached hydrogen (secondary N) is 1. The summed E-state index contributed by atoms with van der Waals surface area (Å²) in [6.07, 6.45) is 6.03. The van der Waals surface area contributed by atoms with Crippen molar-refractivity contribution in [1.29, 1.82) is 0 Å². The van der Waals surface area contributed by atoms with Crippen molar-refractivity contribution >= 4 is 5.69 Å². The van der Waals surface area contributed by atoms with Crippen LogP contribution in [0.3, 0.4) is 0 Å². The third kappa shape index (κ3) is 3.69. The van der Waals surface area contributed by atoms with Crippen molar-refractivity contribution in [3.05, 3.63) is 29.6 Å². The Morgan fingerprint density at radius 3 is 2.68 bits per heavy atom. The molecular weight excluding hydrogens is 239 g/mol. The number of rotatable bonds is 6. The maximum atomic E-state index is 14.2. The van der Waals surface area contributed by atoms with Gasteiger partial charge in [0.2, 0.25) is 0 Å². The normalized spacial score (nSPS) is 15.9. The summed E-state index contributed by atoms with van der Waals surface area (Å²) in [5.41, 5.74) is 1.76. The molecule has 0 amide bonds. The highest BCUT2D eigenvalue weighted by molar-refractivity contribution is 5.49. The van der Waals surface area contributed by atoms with Crippen LogP contribution in [0.1, 0.15) is 44.6 Å². The quantitative estimate of drug-likeness (QED) is 0.788. The van der Waals surface area contributed by atoms with Crippen LogP contribution in [0.25, 0.3) is 0 Å². The zero-order valence-electron chi connectivity index (χ0n) is 12.1. The Balaban J connectivity index is 2.01. The smallest absolute Gasteiger partial charge is 0.146 e. The topological polar surface area (TPSA) is 15.3 Å². The molecule has 2 nitrogen and oxygen atoms in total. The number of hydrogen-bond acceptors (Lipinski definition) is 2. The molecule has 106 valence electrons. The predicted octanol–water partition coefficient (Wildman–Crippen LogP) is 3.70. The van der Waals surface area contributed by atoms with Gasteiger partial charge < -0.3 is 10.2 Å². The maximum absolute atomic E-state index is 14.2. The van der Waals surface area contributed by atoms with Gasteiger partial charge in [-0.1, -0.05) is 25.8 Å². The van der Waals surface area contributed by atoms with Crippen LogP contribution in [-0.4, -0.2) is 19.6 Å². The zero-order valence-corrected chi connectivity index (χ0v) is 12.1. The average molecular weight is 264 g/mol. The number of nitrogens with zero attached hydrogens (tertiary/aromatic N) is 1. The third-order valence-electron chi connectivity index (χ3n) is 4.02. The molecule has 19 heavy (non-hydrogen) atoms. The number of anilines is 1. The van der Waals surface area contributed by atoms with E-state index in [9.17, 15) is 4.39 Å². The molecule has 1 fully saturated rings. The Morgan fingerprint density at radius 2 is 2.05 bits per heavy atom. The van der Waals surface area contributed by atoms with Crippen LogP contribution in [-0.2, 0) is 6.54 Å². The fourth-order valence-corrected chi connectivity index (χ4v) is 2.84. The van der Waals surface area contributed by atoms with Crippen LogP contribution in [0, 0.1) is 5.82 Å². The summed E-state index contributed by atoms with van der Waals surface area (Å²) in [5, 5.41) is 3.30. The van der Waals surface area contributed by atoms with E-state index < -0.39 is 0 Å². The van der Waals surface area contributed by atoms with Gasteiger partial charge >= 0.3 is 0 Å². The van der Waals surface area contributed by atoms with E-state index in [-0.39, 0.29) is 5.82 Å². The summed E-state index contributed by atoms with van der Waals surface area (Å²) in [7, 11) is 2.02. The number of hydrogen-bond donors (Lipinski definition) is 1. The molecule has 0 aliphatic heterocycles. The Kier molecular flexibility index (Phi) is 5.20. The first kappa shape index (κ1) is 14.3. The molecule has 1 aromatic rings. The van der Waals surface area contributed by atoms with Gasteiger partial charge in [0.25, 0.3) is 0 Å². The molecule has 0 unspecified atom stereocenters. The van der Waals surface area contributed by atoms with E-state index in [1.165, 1.54) is 25.7 Å². The van der Waals surface area contributed by atoms with Crippen LogP contribution in [0.15, 0.2) is 18.2 Å². The van der Waals surface area contributed by atoms with E-state index in [2.05, 4.69) is 17.1 Å². The molecule has 1 aliphatic rings. The summed E-state index contributed by atoms with van der Waals surface area (Å²) < 4.78 is 14.2. The Bertz CT molecular complexity index is 400. The minimum absolute atomic E-state index is 0.0924. The van der Waals surface area contributed by atoms with Gasteiger partial charge in [-0.25, -0.2) is 4.39 Å². The fourth-order valence-electron chi connectivity index (χ4n) is 2.84. The lowest BCUT2D eigenvalue weighted by Gasteiger charge is -2.27. The second kappa shape index (κ2) is 6.90. The molecule has 1 aliphatic carbocycles. The first-order valence-electron chi connectivity index (χ1n) is 7.44. The van der Waals surface area contributed by atoms with Gasteiger partial charge in [-0.2, -0.15) is 0 Å². The summed E-state index contributed by atoms with van der Waals surface area (Å²) in [4.78, 5) is 2.12. The minimum atomic E-state index is -0.0924. The molecule has 0 atom stereocenters. The molecule has 3 heteroatoms. The lowest BCUT2D eigenvalue weighted by Crippen LogP contribution is -2.29. The van der Waals surface area contributed by atoms with Crippen molar-refractivity contribution in [3.63, 3.8) is 0 Å². The third-order valence-corrected chi connectivity index (χ3v) is 4.02. The van der Waals surface area contributed by atoms with Crippen molar-refractivity contribution < 1.29 is 4.39 Å². The first-order valence-corrected chi connectivity index (χ1v) is 7.44. The average Bonchev–Trinajstić information content (AvgIpc) is 2.92. The van der Waals surface area contributed by atoms with Crippen LogP contribution in [0.5, 0.6) is 0 Å².